The molecule has 6 unspecified atom stereocenters. The minimum Gasteiger partial charge on any atom is -0.455 e. The van der Waals surface area contributed by atoms with Gasteiger partial charge in [0.15, 0.2) is 0 Å². The number of fused-ring (bicyclic) bond motifs is 2. The van der Waals surface area contributed by atoms with E-state index in [1.807, 2.05) is 64.2 Å². The summed E-state index contributed by atoms with van der Waals surface area (Å²) >= 11 is 0. The molecule has 6 atom stereocenters. The average molecular weight is 423 g/mol. The Balaban J connectivity index is 1.58. The first-order valence-electron chi connectivity index (χ1n) is 11.3. The summed E-state index contributed by atoms with van der Waals surface area (Å²) in [5.74, 6) is -1.72. The van der Waals surface area contributed by atoms with E-state index < -0.39 is 23.0 Å². The van der Waals surface area contributed by atoms with E-state index in [-0.39, 0.29) is 29.2 Å². The van der Waals surface area contributed by atoms with Gasteiger partial charge in [0.25, 0.3) is 0 Å². The number of carbonyl (C=O) groups excluding carboxylic acids is 2. The van der Waals surface area contributed by atoms with Crippen LogP contribution in [0, 0.1) is 29.1 Å². The number of hydrogen-bond acceptors (Lipinski definition) is 4. The molecule has 1 saturated carbocycles. The van der Waals surface area contributed by atoms with Crippen LogP contribution in [0.15, 0.2) is 59.8 Å². The molecule has 0 saturated heterocycles. The second-order valence-corrected chi connectivity index (χ2v) is 10.9. The van der Waals surface area contributed by atoms with E-state index in [1.165, 1.54) is 11.1 Å². The lowest BCUT2D eigenvalue weighted by Crippen LogP contribution is -2.42. The van der Waals surface area contributed by atoms with E-state index in [2.05, 4.69) is 26.0 Å². The largest absolute Gasteiger partial charge is 0.455 e. The summed E-state index contributed by atoms with van der Waals surface area (Å²) < 4.78 is 12.1. The van der Waals surface area contributed by atoms with Crippen LogP contribution < -0.4 is 0 Å². The van der Waals surface area contributed by atoms with Gasteiger partial charge in [-0.2, -0.15) is 0 Å². The predicted octanol–water partition coefficient (Wildman–Crippen LogP) is 5.48. The van der Waals surface area contributed by atoms with E-state index in [4.69, 9.17) is 9.47 Å². The van der Waals surface area contributed by atoms with Crippen LogP contribution in [0.2, 0.25) is 0 Å². The maximum absolute atomic E-state index is 13.5. The summed E-state index contributed by atoms with van der Waals surface area (Å²) in [6.07, 6.45) is 17.3. The normalized spacial score (nSPS) is 39.8. The van der Waals surface area contributed by atoms with Crippen LogP contribution in [0.25, 0.3) is 0 Å². The summed E-state index contributed by atoms with van der Waals surface area (Å²) in [6, 6.07) is 0. The van der Waals surface area contributed by atoms with Crippen LogP contribution in [-0.2, 0) is 19.1 Å². The van der Waals surface area contributed by atoms with Gasteiger partial charge in [0, 0.05) is 12.8 Å². The highest BCUT2D eigenvalue weighted by Crippen LogP contribution is 2.60. The Kier molecular flexibility index (Phi) is 5.19. The Morgan fingerprint density at radius 3 is 1.52 bits per heavy atom. The van der Waals surface area contributed by atoms with Crippen LogP contribution in [0.5, 0.6) is 0 Å². The molecule has 1 fully saturated rings. The first kappa shape index (κ1) is 21.9. The lowest BCUT2D eigenvalue weighted by molar-refractivity contribution is -0.172. The van der Waals surface area contributed by atoms with Gasteiger partial charge in [-0.25, -0.2) is 0 Å². The van der Waals surface area contributed by atoms with E-state index in [9.17, 15) is 9.59 Å². The minimum absolute atomic E-state index is 0.0355. The molecule has 4 aliphatic carbocycles. The zero-order chi connectivity index (χ0) is 22.6. The summed E-state index contributed by atoms with van der Waals surface area (Å²) in [5.41, 5.74) is 0.788. The van der Waals surface area contributed by atoms with Crippen molar-refractivity contribution in [3.8, 4) is 0 Å². The summed E-state index contributed by atoms with van der Waals surface area (Å²) in [7, 11) is 0. The van der Waals surface area contributed by atoms with Gasteiger partial charge in [0.2, 0.25) is 0 Å². The molecule has 4 nitrogen and oxygen atoms in total. The number of esters is 2. The van der Waals surface area contributed by atoms with Gasteiger partial charge in [-0.1, -0.05) is 61.4 Å². The van der Waals surface area contributed by atoms with E-state index in [0.29, 0.717) is 12.8 Å². The number of carbonyl (C=O) groups is 2. The maximum Gasteiger partial charge on any atom is 0.311 e. The van der Waals surface area contributed by atoms with E-state index >= 15 is 0 Å². The molecule has 4 aliphatic rings. The quantitative estimate of drug-likeness (QED) is 0.445. The van der Waals surface area contributed by atoms with E-state index in [1.54, 1.807) is 0 Å². The highest BCUT2D eigenvalue weighted by Gasteiger charge is 2.63. The van der Waals surface area contributed by atoms with Crippen LogP contribution in [0.3, 0.4) is 0 Å². The molecule has 0 heterocycles. The van der Waals surface area contributed by atoms with Crippen molar-refractivity contribution in [1.29, 1.82) is 0 Å². The fourth-order valence-corrected chi connectivity index (χ4v) is 6.07. The topological polar surface area (TPSA) is 52.6 Å². The summed E-state index contributed by atoms with van der Waals surface area (Å²) in [6.45, 7) is 12.2. The third-order valence-corrected chi connectivity index (χ3v) is 7.54. The highest BCUT2D eigenvalue weighted by molar-refractivity contribution is 5.85. The Bertz CT molecular complexity index is 872. The van der Waals surface area contributed by atoms with Crippen molar-refractivity contribution in [2.24, 2.45) is 29.1 Å². The number of allylic oxidation sites excluding steroid dienone is 6. The molecule has 0 amide bonds. The fourth-order valence-electron chi connectivity index (χ4n) is 6.07. The van der Waals surface area contributed by atoms with Gasteiger partial charge in [0.1, 0.15) is 11.2 Å². The third-order valence-electron chi connectivity index (χ3n) is 7.54. The second-order valence-electron chi connectivity index (χ2n) is 10.9. The number of ether oxygens (including phenoxy) is 2. The number of hydrogen-bond donors (Lipinski definition) is 0. The zero-order valence-electron chi connectivity index (χ0n) is 19.5. The van der Waals surface area contributed by atoms with Crippen molar-refractivity contribution >= 4 is 11.9 Å². The molecule has 4 rings (SSSR count). The smallest absolute Gasteiger partial charge is 0.311 e. The van der Waals surface area contributed by atoms with Gasteiger partial charge in [-0.05, 0) is 57.1 Å². The van der Waals surface area contributed by atoms with E-state index in [0.717, 1.165) is 0 Å². The van der Waals surface area contributed by atoms with Crippen molar-refractivity contribution < 1.29 is 19.1 Å². The molecule has 0 N–H and O–H groups in total. The molecule has 0 radical (unpaired) electrons. The van der Waals surface area contributed by atoms with Crippen LogP contribution in [0.4, 0.5) is 0 Å². The monoisotopic (exact) mass is 422 g/mol. The Labute approximate surface area is 185 Å². The van der Waals surface area contributed by atoms with Gasteiger partial charge >= 0.3 is 11.9 Å². The molecule has 0 aliphatic heterocycles. The Morgan fingerprint density at radius 2 is 1.16 bits per heavy atom. The van der Waals surface area contributed by atoms with Gasteiger partial charge < -0.3 is 9.47 Å². The molecule has 166 valence electrons. The van der Waals surface area contributed by atoms with Crippen molar-refractivity contribution in [2.75, 3.05) is 0 Å². The minimum atomic E-state index is -0.681. The molecular weight excluding hydrogens is 388 g/mol. The van der Waals surface area contributed by atoms with Crippen molar-refractivity contribution in [2.45, 2.75) is 65.6 Å². The second kappa shape index (κ2) is 7.36. The standard InChI is InChI=1S/C27H34O4/c1-17-9-7-13-26(5,15-17)30-23(28)21-19-11-12-20(25(19,3)4)22(21)24(29)31-27(6)14-8-10-18(2)16-27/h7-14,19-22H,15-16H2,1-6H3. The zero-order valence-corrected chi connectivity index (χ0v) is 19.5. The first-order chi connectivity index (χ1) is 14.4. The molecule has 0 spiro atoms. The van der Waals surface area contributed by atoms with Crippen LogP contribution in [-0.4, -0.2) is 23.1 Å². The molecule has 0 aromatic heterocycles. The lowest BCUT2D eigenvalue weighted by Gasteiger charge is -2.35. The lowest BCUT2D eigenvalue weighted by atomic mass is 9.79. The molecule has 0 aromatic carbocycles. The van der Waals surface area contributed by atoms with Crippen molar-refractivity contribution in [3.05, 3.63) is 59.8 Å². The van der Waals surface area contributed by atoms with Crippen molar-refractivity contribution in [1.82, 2.24) is 0 Å². The number of rotatable bonds is 4. The first-order valence-corrected chi connectivity index (χ1v) is 11.3. The van der Waals surface area contributed by atoms with Gasteiger partial charge in [-0.3, -0.25) is 9.59 Å². The fraction of sp³-hybridized carbons (Fsp3) is 0.556. The molecule has 2 bridgehead atoms. The van der Waals surface area contributed by atoms with Crippen molar-refractivity contribution in [3.63, 3.8) is 0 Å². The molecule has 31 heavy (non-hydrogen) atoms. The van der Waals surface area contributed by atoms with Gasteiger partial charge in [-0.15, -0.1) is 0 Å². The molecule has 4 heteroatoms. The Hall–Kier alpha value is -2.36. The van der Waals surface area contributed by atoms with Gasteiger partial charge in [0.05, 0.1) is 11.8 Å². The highest BCUT2D eigenvalue weighted by atomic mass is 16.6. The Morgan fingerprint density at radius 1 is 0.774 bits per heavy atom. The third kappa shape index (κ3) is 3.86. The van der Waals surface area contributed by atoms with Crippen LogP contribution in [0.1, 0.15) is 54.4 Å². The SMILES string of the molecule is CC1=CC=CC(C)(OC(=O)C2C(C(=O)OC3(C)C=CC=C(C)C3)C3C=CC2C3(C)C)C1. The summed E-state index contributed by atoms with van der Waals surface area (Å²) in [5, 5.41) is 0. The average Bonchev–Trinajstić information content (AvgIpc) is 3.05. The molecule has 0 aromatic rings. The molecular formula is C27H34O4. The summed E-state index contributed by atoms with van der Waals surface area (Å²) in [4.78, 5) is 27.0. The predicted molar refractivity (Wildman–Crippen MR) is 121 cm³/mol. The van der Waals surface area contributed by atoms with Crippen LogP contribution >= 0.6 is 0 Å². The maximum atomic E-state index is 13.5.